The van der Waals surface area contributed by atoms with Crippen LogP contribution in [0.15, 0.2) is 18.2 Å². The molecule has 5 heteroatoms. The third-order valence-electron chi connectivity index (χ3n) is 2.52. The molecule has 0 bridgehead atoms. The summed E-state index contributed by atoms with van der Waals surface area (Å²) in [5.74, 6) is 0.621. The van der Waals surface area contributed by atoms with Crippen LogP contribution in [-0.2, 0) is 4.74 Å². The Bertz CT molecular complexity index is 361. The van der Waals surface area contributed by atoms with E-state index in [1.165, 1.54) is 6.42 Å². The maximum Gasteiger partial charge on any atom is 0.139 e. The van der Waals surface area contributed by atoms with E-state index in [0.717, 1.165) is 32.7 Å². The molecule has 0 fully saturated rings. The molecular formula is C14H21Cl2NO2. The van der Waals surface area contributed by atoms with E-state index in [9.17, 15) is 0 Å². The number of ether oxygens (including phenoxy) is 2. The van der Waals surface area contributed by atoms with Gasteiger partial charge in [-0.2, -0.15) is 0 Å². The van der Waals surface area contributed by atoms with Crippen LogP contribution >= 0.6 is 23.2 Å². The molecule has 1 N–H and O–H groups in total. The third-order valence-corrected chi connectivity index (χ3v) is 3.32. The van der Waals surface area contributed by atoms with Crippen molar-refractivity contribution in [1.82, 2.24) is 5.32 Å². The normalized spacial score (nSPS) is 10.7. The summed E-state index contributed by atoms with van der Waals surface area (Å²) in [5.41, 5.74) is 0. The van der Waals surface area contributed by atoms with Gasteiger partial charge < -0.3 is 14.8 Å². The molecule has 0 saturated carbocycles. The lowest BCUT2D eigenvalue weighted by Crippen LogP contribution is -2.25. The first-order chi connectivity index (χ1) is 9.25. The fourth-order valence-corrected chi connectivity index (χ4v) is 1.79. The Balaban J connectivity index is 2.03. The van der Waals surface area contributed by atoms with E-state index in [1.54, 1.807) is 6.07 Å². The van der Waals surface area contributed by atoms with E-state index in [1.807, 2.05) is 12.1 Å². The third kappa shape index (κ3) is 7.02. The lowest BCUT2D eigenvalue weighted by Gasteiger charge is -2.09. The van der Waals surface area contributed by atoms with Gasteiger partial charge in [0.25, 0.3) is 0 Å². The highest BCUT2D eigenvalue weighted by Crippen LogP contribution is 2.31. The molecule has 1 aromatic rings. The molecule has 0 unspecified atom stereocenters. The molecule has 0 amide bonds. The predicted molar refractivity (Wildman–Crippen MR) is 80.6 cm³/mol. The fraction of sp³-hybridized carbons (Fsp3) is 0.571. The van der Waals surface area contributed by atoms with Crippen LogP contribution in [0.25, 0.3) is 0 Å². The largest absolute Gasteiger partial charge is 0.491 e. The lowest BCUT2D eigenvalue weighted by atomic mass is 10.3. The minimum absolute atomic E-state index is 0.465. The number of halogens is 2. The van der Waals surface area contributed by atoms with E-state index < -0.39 is 0 Å². The molecule has 19 heavy (non-hydrogen) atoms. The van der Waals surface area contributed by atoms with Gasteiger partial charge in [0, 0.05) is 19.7 Å². The van der Waals surface area contributed by atoms with Gasteiger partial charge in [0.1, 0.15) is 17.4 Å². The average molecular weight is 306 g/mol. The van der Waals surface area contributed by atoms with Crippen LogP contribution < -0.4 is 10.1 Å². The summed E-state index contributed by atoms with van der Waals surface area (Å²) in [7, 11) is 0. The first kappa shape index (κ1) is 16.6. The van der Waals surface area contributed by atoms with Crippen LogP contribution in [0, 0.1) is 0 Å². The zero-order chi connectivity index (χ0) is 13.9. The Hall–Kier alpha value is -0.480. The molecule has 0 radical (unpaired) electrons. The summed E-state index contributed by atoms with van der Waals surface area (Å²) in [6.07, 6.45) is 2.29. The topological polar surface area (TPSA) is 30.5 Å². The molecule has 3 nitrogen and oxygen atoms in total. The number of hydrogen-bond acceptors (Lipinski definition) is 3. The minimum Gasteiger partial charge on any atom is -0.491 e. The van der Waals surface area contributed by atoms with Gasteiger partial charge in [-0.1, -0.05) is 42.6 Å². The Kier molecular flexibility index (Phi) is 9.01. The van der Waals surface area contributed by atoms with Crippen LogP contribution in [0.3, 0.4) is 0 Å². The zero-order valence-corrected chi connectivity index (χ0v) is 12.8. The van der Waals surface area contributed by atoms with Gasteiger partial charge in [0.2, 0.25) is 0 Å². The number of rotatable bonds is 10. The molecular weight excluding hydrogens is 285 g/mol. The molecule has 0 aliphatic rings. The van der Waals surface area contributed by atoms with Crippen LogP contribution in [0.4, 0.5) is 0 Å². The van der Waals surface area contributed by atoms with Gasteiger partial charge in [0.15, 0.2) is 0 Å². The molecule has 0 saturated heterocycles. The van der Waals surface area contributed by atoms with Crippen LogP contribution in [-0.4, -0.2) is 32.9 Å². The maximum atomic E-state index is 6.01. The second-order valence-electron chi connectivity index (χ2n) is 4.12. The van der Waals surface area contributed by atoms with Gasteiger partial charge in [-0.15, -0.1) is 0 Å². The highest BCUT2D eigenvalue weighted by Gasteiger charge is 2.04. The molecule has 0 aromatic heterocycles. The summed E-state index contributed by atoms with van der Waals surface area (Å²) in [4.78, 5) is 0. The van der Waals surface area contributed by atoms with Gasteiger partial charge in [-0.25, -0.2) is 0 Å². The molecule has 108 valence electrons. The Morgan fingerprint density at radius 1 is 1.11 bits per heavy atom. The first-order valence-electron chi connectivity index (χ1n) is 6.61. The Morgan fingerprint density at radius 2 is 1.89 bits per heavy atom. The molecule has 0 atom stereocenters. The first-order valence-corrected chi connectivity index (χ1v) is 7.36. The van der Waals surface area contributed by atoms with Gasteiger partial charge in [-0.05, 0) is 18.6 Å². The van der Waals surface area contributed by atoms with E-state index in [4.69, 9.17) is 32.7 Å². The van der Waals surface area contributed by atoms with Crippen molar-refractivity contribution in [2.75, 3.05) is 32.9 Å². The van der Waals surface area contributed by atoms with Crippen molar-refractivity contribution >= 4 is 23.2 Å². The van der Waals surface area contributed by atoms with Crippen molar-refractivity contribution in [2.24, 2.45) is 0 Å². The summed E-state index contributed by atoms with van der Waals surface area (Å²) >= 11 is 11.9. The average Bonchev–Trinajstić information content (AvgIpc) is 2.41. The van der Waals surface area contributed by atoms with Crippen molar-refractivity contribution in [3.8, 4) is 5.75 Å². The van der Waals surface area contributed by atoms with Crippen molar-refractivity contribution in [1.29, 1.82) is 0 Å². The van der Waals surface area contributed by atoms with Crippen molar-refractivity contribution in [3.05, 3.63) is 28.2 Å². The Morgan fingerprint density at radius 3 is 2.68 bits per heavy atom. The molecule has 0 heterocycles. The second-order valence-corrected chi connectivity index (χ2v) is 4.90. The number of nitrogens with one attached hydrogen (secondary N) is 1. The molecule has 1 rings (SSSR count). The summed E-state index contributed by atoms with van der Waals surface area (Å²) in [6, 6.07) is 5.36. The van der Waals surface area contributed by atoms with E-state index in [2.05, 4.69) is 12.2 Å². The smallest absolute Gasteiger partial charge is 0.139 e. The van der Waals surface area contributed by atoms with Crippen LogP contribution in [0.1, 0.15) is 19.8 Å². The summed E-state index contributed by atoms with van der Waals surface area (Å²) < 4.78 is 11.0. The van der Waals surface area contributed by atoms with Crippen molar-refractivity contribution in [2.45, 2.75) is 19.8 Å². The fourth-order valence-electron chi connectivity index (χ4n) is 1.45. The predicted octanol–water partition coefficient (Wildman–Crippen LogP) is 3.78. The standard InChI is InChI=1S/C14H21Cl2NO2/c1-2-3-9-18-10-7-17-8-11-19-13-6-4-5-12(15)14(13)16/h4-6,17H,2-3,7-11H2,1H3. The van der Waals surface area contributed by atoms with Crippen LogP contribution in [0.2, 0.25) is 10.0 Å². The minimum atomic E-state index is 0.465. The highest BCUT2D eigenvalue weighted by molar-refractivity contribution is 6.42. The van der Waals surface area contributed by atoms with E-state index >= 15 is 0 Å². The molecule has 0 spiro atoms. The Labute approximate surface area is 125 Å². The lowest BCUT2D eigenvalue weighted by molar-refractivity contribution is 0.132. The zero-order valence-electron chi connectivity index (χ0n) is 11.3. The van der Waals surface area contributed by atoms with Crippen molar-refractivity contribution in [3.63, 3.8) is 0 Å². The number of benzene rings is 1. The van der Waals surface area contributed by atoms with Gasteiger partial charge in [0.05, 0.1) is 11.6 Å². The van der Waals surface area contributed by atoms with E-state index in [-0.39, 0.29) is 0 Å². The molecule has 1 aromatic carbocycles. The molecule has 0 aliphatic carbocycles. The van der Waals surface area contributed by atoms with Crippen molar-refractivity contribution < 1.29 is 9.47 Å². The number of hydrogen-bond donors (Lipinski definition) is 1. The molecule has 0 aliphatic heterocycles. The second kappa shape index (κ2) is 10.3. The summed E-state index contributed by atoms with van der Waals surface area (Å²) in [5, 5.41) is 4.22. The van der Waals surface area contributed by atoms with Gasteiger partial charge >= 0.3 is 0 Å². The summed E-state index contributed by atoms with van der Waals surface area (Å²) in [6.45, 7) is 5.86. The van der Waals surface area contributed by atoms with E-state index in [0.29, 0.717) is 22.4 Å². The quantitative estimate of drug-likeness (QED) is 0.667. The monoisotopic (exact) mass is 305 g/mol. The SMILES string of the molecule is CCCCOCCNCCOc1cccc(Cl)c1Cl. The maximum absolute atomic E-state index is 6.01. The number of unbranched alkanes of at least 4 members (excludes halogenated alkanes) is 1. The van der Waals surface area contributed by atoms with Crippen LogP contribution in [0.5, 0.6) is 5.75 Å². The van der Waals surface area contributed by atoms with Gasteiger partial charge in [-0.3, -0.25) is 0 Å². The highest BCUT2D eigenvalue weighted by atomic mass is 35.5.